The van der Waals surface area contributed by atoms with Crippen LogP contribution in [0.5, 0.6) is 0 Å². The molecule has 0 aromatic carbocycles. The molecule has 1 unspecified atom stereocenters. The van der Waals surface area contributed by atoms with E-state index in [1.165, 1.54) is 0 Å². The summed E-state index contributed by atoms with van der Waals surface area (Å²) >= 11 is 1.66. The van der Waals surface area contributed by atoms with E-state index in [0.717, 1.165) is 22.8 Å². The van der Waals surface area contributed by atoms with Gasteiger partial charge in [0.2, 0.25) is 0 Å². The second-order valence-electron chi connectivity index (χ2n) is 4.79. The number of rotatable bonds is 5. The lowest BCUT2D eigenvalue weighted by Crippen LogP contribution is -2.50. The number of methoxy groups -OCH3 is 1. The summed E-state index contributed by atoms with van der Waals surface area (Å²) in [5.74, 6) is 0. The fourth-order valence-corrected chi connectivity index (χ4v) is 3.01. The van der Waals surface area contributed by atoms with Crippen LogP contribution in [0.25, 0.3) is 5.70 Å². The van der Waals surface area contributed by atoms with Crippen LogP contribution in [0.1, 0.15) is 13.3 Å². The molecule has 6 heteroatoms. The van der Waals surface area contributed by atoms with Gasteiger partial charge in [0.25, 0.3) is 5.56 Å². The van der Waals surface area contributed by atoms with Crippen LogP contribution in [-0.2, 0) is 11.3 Å². The predicted octanol–water partition coefficient (Wildman–Crippen LogP) is 0.225. The summed E-state index contributed by atoms with van der Waals surface area (Å²) in [7, 11) is 3.70. The highest BCUT2D eigenvalue weighted by Gasteiger charge is 2.18. The van der Waals surface area contributed by atoms with Gasteiger partial charge >= 0.3 is 0 Å². The van der Waals surface area contributed by atoms with Gasteiger partial charge in [-0.25, -0.2) is 4.99 Å². The van der Waals surface area contributed by atoms with Gasteiger partial charge in [0.1, 0.15) is 5.49 Å². The van der Waals surface area contributed by atoms with Crippen molar-refractivity contribution in [1.82, 2.24) is 9.47 Å². The van der Waals surface area contributed by atoms with Crippen LogP contribution >= 0.6 is 11.8 Å². The average molecular weight is 295 g/mol. The monoisotopic (exact) mass is 295 g/mol. The normalized spacial score (nSPS) is 17.9. The van der Waals surface area contributed by atoms with Crippen LogP contribution in [0.4, 0.5) is 0 Å². The minimum Gasteiger partial charge on any atom is -0.385 e. The van der Waals surface area contributed by atoms with Crippen LogP contribution in [-0.4, -0.2) is 42.0 Å². The summed E-state index contributed by atoms with van der Waals surface area (Å²) < 4.78 is 6.82. The van der Waals surface area contributed by atoms with Crippen molar-refractivity contribution in [1.29, 1.82) is 0 Å². The smallest absolute Gasteiger partial charge is 0.252 e. The van der Waals surface area contributed by atoms with E-state index in [2.05, 4.69) is 11.8 Å². The van der Waals surface area contributed by atoms with Gasteiger partial charge in [0.05, 0.1) is 0 Å². The minimum atomic E-state index is 0.000749. The highest BCUT2D eigenvalue weighted by Crippen LogP contribution is 2.17. The number of fused-ring (bicyclic) bond motifs is 1. The van der Waals surface area contributed by atoms with E-state index in [4.69, 9.17) is 9.73 Å². The molecule has 1 aromatic heterocycles. The molecule has 2 rings (SSSR count). The van der Waals surface area contributed by atoms with Gasteiger partial charge in [-0.15, -0.1) is 11.8 Å². The molecule has 0 radical (unpaired) electrons. The van der Waals surface area contributed by atoms with Gasteiger partial charge in [-0.3, -0.25) is 9.36 Å². The number of pyridine rings is 1. The second kappa shape index (κ2) is 6.45. The van der Waals surface area contributed by atoms with Crippen molar-refractivity contribution in [3.05, 3.63) is 33.2 Å². The Morgan fingerprint density at radius 3 is 2.85 bits per heavy atom. The fourth-order valence-electron chi connectivity index (χ4n) is 2.33. The fraction of sp³-hybridized carbons (Fsp3) is 0.571. The Bertz CT molecular complexity index is 653. The first-order valence-corrected chi connectivity index (χ1v) is 7.92. The lowest BCUT2D eigenvalue weighted by atomic mass is 10.2. The van der Waals surface area contributed by atoms with Crippen molar-refractivity contribution < 1.29 is 4.74 Å². The van der Waals surface area contributed by atoms with Crippen molar-refractivity contribution >= 4 is 17.5 Å². The SMILES string of the molecule is COCCCn1c(=O)ccc2c1=NC(SC)N(C)C=2C. The van der Waals surface area contributed by atoms with Gasteiger partial charge < -0.3 is 9.64 Å². The van der Waals surface area contributed by atoms with Crippen molar-refractivity contribution in [3.8, 4) is 0 Å². The molecule has 5 nitrogen and oxygen atoms in total. The van der Waals surface area contributed by atoms with Gasteiger partial charge in [0, 0.05) is 44.3 Å². The summed E-state index contributed by atoms with van der Waals surface area (Å²) in [6, 6.07) is 3.49. The standard InChI is InChI=1S/C14H21N3O2S/c1-10-11-6-7-12(18)17(8-5-9-19-3)13(11)15-14(20-4)16(10)2/h6-7,14H,5,8-9H2,1-4H3. The summed E-state index contributed by atoms with van der Waals surface area (Å²) in [4.78, 5) is 19.0. The summed E-state index contributed by atoms with van der Waals surface area (Å²) in [5.41, 5.74) is 1.97. The number of aromatic nitrogens is 1. The topological polar surface area (TPSA) is 46.8 Å². The Balaban J connectivity index is 2.58. The Morgan fingerprint density at radius 2 is 2.20 bits per heavy atom. The van der Waals surface area contributed by atoms with E-state index in [0.29, 0.717) is 13.2 Å². The zero-order valence-corrected chi connectivity index (χ0v) is 13.2. The maximum absolute atomic E-state index is 12.1. The maximum Gasteiger partial charge on any atom is 0.252 e. The van der Waals surface area contributed by atoms with E-state index in [1.807, 2.05) is 19.4 Å². The van der Waals surface area contributed by atoms with Gasteiger partial charge in [-0.1, -0.05) is 0 Å². The zero-order valence-electron chi connectivity index (χ0n) is 12.4. The number of thioether (sulfide) groups is 1. The molecule has 0 saturated heterocycles. The van der Waals surface area contributed by atoms with Crippen molar-refractivity contribution in [2.24, 2.45) is 4.99 Å². The first-order chi connectivity index (χ1) is 9.60. The van der Waals surface area contributed by atoms with Crippen molar-refractivity contribution in [2.45, 2.75) is 25.4 Å². The van der Waals surface area contributed by atoms with E-state index >= 15 is 0 Å². The van der Waals surface area contributed by atoms with Crippen LogP contribution in [0, 0.1) is 0 Å². The molecule has 0 aliphatic carbocycles. The molecule has 0 saturated carbocycles. The molecule has 1 atom stereocenters. The number of nitrogens with zero attached hydrogens (tertiary/aromatic N) is 3. The summed E-state index contributed by atoms with van der Waals surface area (Å²) in [5, 5.41) is 1.04. The molecule has 0 bridgehead atoms. The van der Waals surface area contributed by atoms with E-state index in [-0.39, 0.29) is 11.1 Å². The number of hydrogen-bond acceptors (Lipinski definition) is 5. The molecule has 0 amide bonds. The molecular formula is C14H21N3O2S. The summed E-state index contributed by atoms with van der Waals surface area (Å²) in [6.07, 6.45) is 2.83. The van der Waals surface area contributed by atoms with Crippen molar-refractivity contribution in [2.75, 3.05) is 27.0 Å². The molecule has 0 N–H and O–H groups in total. The first-order valence-electron chi connectivity index (χ1n) is 6.63. The van der Waals surface area contributed by atoms with Crippen LogP contribution in [0.2, 0.25) is 0 Å². The maximum atomic E-state index is 12.1. The molecule has 1 aliphatic heterocycles. The third kappa shape index (κ3) is 2.76. The Labute approximate surface area is 123 Å². The third-order valence-corrected chi connectivity index (χ3v) is 4.42. The van der Waals surface area contributed by atoms with Gasteiger partial charge in [0.15, 0.2) is 5.50 Å². The molecule has 0 fully saturated rings. The van der Waals surface area contributed by atoms with Crippen LogP contribution in [0.3, 0.4) is 0 Å². The first kappa shape index (κ1) is 15.1. The average Bonchev–Trinajstić information content (AvgIpc) is 2.45. The van der Waals surface area contributed by atoms with Crippen molar-refractivity contribution in [3.63, 3.8) is 0 Å². The molecule has 1 aromatic rings. The Kier molecular flexibility index (Phi) is 4.88. The van der Waals surface area contributed by atoms with E-state index < -0.39 is 0 Å². The molecule has 1 aliphatic rings. The minimum absolute atomic E-state index is 0.000749. The quantitative estimate of drug-likeness (QED) is 0.729. The Morgan fingerprint density at radius 1 is 1.45 bits per heavy atom. The molecule has 0 spiro atoms. The van der Waals surface area contributed by atoms with Gasteiger partial charge in [-0.05, 0) is 25.7 Å². The van der Waals surface area contributed by atoms with E-state index in [1.54, 1.807) is 29.5 Å². The molecule has 110 valence electrons. The predicted molar refractivity (Wildman–Crippen MR) is 82.1 cm³/mol. The number of hydrogen-bond donors (Lipinski definition) is 0. The molecule has 2 heterocycles. The largest absolute Gasteiger partial charge is 0.385 e. The molecule has 20 heavy (non-hydrogen) atoms. The zero-order chi connectivity index (χ0) is 14.7. The highest BCUT2D eigenvalue weighted by molar-refractivity contribution is 7.99. The second-order valence-corrected chi connectivity index (χ2v) is 5.69. The van der Waals surface area contributed by atoms with E-state index in [9.17, 15) is 4.79 Å². The van der Waals surface area contributed by atoms with Crippen LogP contribution < -0.4 is 16.3 Å². The van der Waals surface area contributed by atoms with Crippen LogP contribution in [0.15, 0.2) is 21.9 Å². The van der Waals surface area contributed by atoms with Gasteiger partial charge in [-0.2, -0.15) is 0 Å². The summed E-state index contributed by atoms with van der Waals surface area (Å²) in [6.45, 7) is 3.35. The number of ether oxygens (including phenoxy) is 1. The highest BCUT2D eigenvalue weighted by atomic mass is 32.2. The molecular weight excluding hydrogens is 274 g/mol. The Hall–Kier alpha value is -1.27. The third-order valence-electron chi connectivity index (χ3n) is 3.58. The lowest BCUT2D eigenvalue weighted by Gasteiger charge is -2.29. The lowest BCUT2D eigenvalue weighted by molar-refractivity contribution is 0.189.